The summed E-state index contributed by atoms with van der Waals surface area (Å²) in [7, 11) is 0. The normalized spacial score (nSPS) is 10.3. The Labute approximate surface area is 55.9 Å². The summed E-state index contributed by atoms with van der Waals surface area (Å²) in [5.41, 5.74) is 0. The molecular formula is C7H13NO. The third kappa shape index (κ3) is 7.34. The van der Waals surface area contributed by atoms with Crippen molar-refractivity contribution in [3.63, 3.8) is 0 Å². The van der Waals surface area contributed by atoms with Crippen molar-refractivity contribution >= 4 is 0 Å². The molecule has 0 aliphatic rings. The SMILES string of the molecule is CCC/C=C/CCN=O. The Balaban J connectivity index is 2.94. The van der Waals surface area contributed by atoms with Crippen LogP contribution in [0.1, 0.15) is 26.2 Å². The highest BCUT2D eigenvalue weighted by atomic mass is 16.3. The maximum absolute atomic E-state index is 9.55. The van der Waals surface area contributed by atoms with E-state index in [2.05, 4.69) is 18.2 Å². The monoisotopic (exact) mass is 127 g/mol. The van der Waals surface area contributed by atoms with Crippen molar-refractivity contribution in [2.24, 2.45) is 5.18 Å². The van der Waals surface area contributed by atoms with Crippen LogP contribution in [0.15, 0.2) is 17.3 Å². The fraction of sp³-hybridized carbons (Fsp3) is 0.714. The molecule has 0 rings (SSSR count). The van der Waals surface area contributed by atoms with Crippen molar-refractivity contribution in [2.75, 3.05) is 6.54 Å². The largest absolute Gasteiger partial charge is 0.151 e. The molecule has 52 valence electrons. The number of hydrogen-bond acceptors (Lipinski definition) is 2. The second kappa shape index (κ2) is 7.34. The number of nitroso groups, excluding NO2 is 1. The van der Waals surface area contributed by atoms with E-state index in [0.717, 1.165) is 12.8 Å². The highest BCUT2D eigenvalue weighted by molar-refractivity contribution is 4.81. The first-order valence-corrected chi connectivity index (χ1v) is 3.36. The molecular weight excluding hydrogens is 114 g/mol. The Hall–Kier alpha value is -0.660. The molecule has 0 spiro atoms. The van der Waals surface area contributed by atoms with Crippen LogP contribution in [0.3, 0.4) is 0 Å². The molecule has 0 atom stereocenters. The van der Waals surface area contributed by atoms with E-state index in [1.807, 2.05) is 6.08 Å². The van der Waals surface area contributed by atoms with Gasteiger partial charge in [0.05, 0.1) is 6.54 Å². The van der Waals surface area contributed by atoms with E-state index in [-0.39, 0.29) is 0 Å². The molecule has 0 aliphatic carbocycles. The Morgan fingerprint density at radius 1 is 1.33 bits per heavy atom. The third-order valence-electron chi connectivity index (χ3n) is 1.01. The first-order valence-electron chi connectivity index (χ1n) is 3.36. The summed E-state index contributed by atoms with van der Waals surface area (Å²) in [4.78, 5) is 9.55. The predicted molar refractivity (Wildman–Crippen MR) is 39.3 cm³/mol. The first kappa shape index (κ1) is 8.34. The van der Waals surface area contributed by atoms with Crippen LogP contribution in [0.5, 0.6) is 0 Å². The quantitative estimate of drug-likeness (QED) is 0.317. The van der Waals surface area contributed by atoms with Crippen LogP contribution in [0.25, 0.3) is 0 Å². The number of allylic oxidation sites excluding steroid dienone is 1. The first-order chi connectivity index (χ1) is 4.41. The highest BCUT2D eigenvalue weighted by Crippen LogP contribution is 1.90. The number of rotatable bonds is 5. The molecule has 0 N–H and O–H groups in total. The molecule has 0 fully saturated rings. The lowest BCUT2D eigenvalue weighted by Crippen LogP contribution is -1.71. The van der Waals surface area contributed by atoms with E-state index in [0.29, 0.717) is 6.54 Å². The molecule has 0 heterocycles. The van der Waals surface area contributed by atoms with E-state index in [4.69, 9.17) is 0 Å². The fourth-order valence-electron chi connectivity index (χ4n) is 0.530. The highest BCUT2D eigenvalue weighted by Gasteiger charge is 1.76. The zero-order valence-corrected chi connectivity index (χ0v) is 5.84. The summed E-state index contributed by atoms with van der Waals surface area (Å²) in [5.74, 6) is 0. The van der Waals surface area contributed by atoms with E-state index in [1.54, 1.807) is 0 Å². The molecule has 0 aromatic rings. The topological polar surface area (TPSA) is 29.4 Å². The van der Waals surface area contributed by atoms with Gasteiger partial charge >= 0.3 is 0 Å². The molecule has 0 aromatic heterocycles. The van der Waals surface area contributed by atoms with Gasteiger partial charge < -0.3 is 0 Å². The molecule has 0 radical (unpaired) electrons. The van der Waals surface area contributed by atoms with Crippen molar-refractivity contribution in [1.82, 2.24) is 0 Å². The van der Waals surface area contributed by atoms with Crippen LogP contribution in [0.4, 0.5) is 0 Å². The molecule has 2 nitrogen and oxygen atoms in total. The van der Waals surface area contributed by atoms with E-state index in [9.17, 15) is 4.91 Å². The predicted octanol–water partition coefficient (Wildman–Crippen LogP) is 2.50. The number of unbranched alkanes of at least 4 members (excludes halogenated alkanes) is 1. The molecule has 0 amide bonds. The van der Waals surface area contributed by atoms with Crippen LogP contribution >= 0.6 is 0 Å². The van der Waals surface area contributed by atoms with Gasteiger partial charge in [-0.05, 0) is 12.8 Å². The smallest absolute Gasteiger partial charge is 0.0845 e. The van der Waals surface area contributed by atoms with Gasteiger partial charge in [-0.15, -0.1) is 0 Å². The minimum absolute atomic E-state index is 0.417. The second-order valence-corrected chi connectivity index (χ2v) is 1.90. The van der Waals surface area contributed by atoms with Crippen LogP contribution in [0.2, 0.25) is 0 Å². The maximum atomic E-state index is 9.55. The second-order valence-electron chi connectivity index (χ2n) is 1.90. The lowest BCUT2D eigenvalue weighted by atomic mass is 10.3. The van der Waals surface area contributed by atoms with Crippen LogP contribution in [-0.4, -0.2) is 6.54 Å². The molecule has 0 aromatic carbocycles. The third-order valence-corrected chi connectivity index (χ3v) is 1.01. The molecule has 0 bridgehead atoms. The average Bonchev–Trinajstić information content (AvgIpc) is 1.89. The van der Waals surface area contributed by atoms with Gasteiger partial charge in [0.1, 0.15) is 0 Å². The van der Waals surface area contributed by atoms with Gasteiger partial charge in [-0.25, -0.2) is 0 Å². The van der Waals surface area contributed by atoms with Gasteiger partial charge in [0, 0.05) is 0 Å². The van der Waals surface area contributed by atoms with Gasteiger partial charge in [-0.3, -0.25) is 0 Å². The van der Waals surface area contributed by atoms with E-state index < -0.39 is 0 Å². The molecule has 2 heteroatoms. The van der Waals surface area contributed by atoms with Crippen molar-refractivity contribution < 1.29 is 0 Å². The van der Waals surface area contributed by atoms with Gasteiger partial charge in [-0.2, -0.15) is 4.91 Å². The minimum atomic E-state index is 0.417. The van der Waals surface area contributed by atoms with Crippen molar-refractivity contribution in [3.8, 4) is 0 Å². The van der Waals surface area contributed by atoms with Gasteiger partial charge in [0.2, 0.25) is 0 Å². The summed E-state index contributed by atoms with van der Waals surface area (Å²) in [6.45, 7) is 2.54. The molecule has 0 unspecified atom stereocenters. The lowest BCUT2D eigenvalue weighted by molar-refractivity contribution is 0.937. The maximum Gasteiger partial charge on any atom is 0.0845 e. The van der Waals surface area contributed by atoms with E-state index in [1.165, 1.54) is 6.42 Å². The Morgan fingerprint density at radius 2 is 2.00 bits per heavy atom. The molecule has 0 saturated carbocycles. The van der Waals surface area contributed by atoms with Crippen LogP contribution < -0.4 is 0 Å². The van der Waals surface area contributed by atoms with E-state index >= 15 is 0 Å². The van der Waals surface area contributed by atoms with Gasteiger partial charge in [0.15, 0.2) is 0 Å². The minimum Gasteiger partial charge on any atom is -0.151 e. The van der Waals surface area contributed by atoms with Gasteiger partial charge in [-0.1, -0.05) is 30.7 Å². The summed E-state index contributed by atoms with van der Waals surface area (Å²) in [6.07, 6.45) is 7.17. The van der Waals surface area contributed by atoms with Crippen LogP contribution in [0, 0.1) is 4.91 Å². The molecule has 9 heavy (non-hydrogen) atoms. The van der Waals surface area contributed by atoms with Crippen molar-refractivity contribution in [2.45, 2.75) is 26.2 Å². The fourth-order valence-corrected chi connectivity index (χ4v) is 0.530. The zero-order chi connectivity index (χ0) is 6.95. The standard InChI is InChI=1S/C7H13NO/c1-2-3-4-5-6-7-8-9/h4-5H,2-3,6-7H2,1H3/b5-4+. The summed E-state index contributed by atoms with van der Waals surface area (Å²) < 4.78 is 0. The average molecular weight is 127 g/mol. The number of nitrogens with zero attached hydrogens (tertiary/aromatic N) is 1. The Bertz CT molecular complexity index is 88.9. The Morgan fingerprint density at radius 3 is 2.56 bits per heavy atom. The summed E-state index contributed by atoms with van der Waals surface area (Å²) in [6, 6.07) is 0. The summed E-state index contributed by atoms with van der Waals surface area (Å²) in [5, 5.41) is 2.73. The van der Waals surface area contributed by atoms with Crippen molar-refractivity contribution in [3.05, 3.63) is 17.1 Å². The lowest BCUT2D eigenvalue weighted by Gasteiger charge is -1.82. The van der Waals surface area contributed by atoms with Crippen LogP contribution in [-0.2, 0) is 0 Å². The van der Waals surface area contributed by atoms with Crippen molar-refractivity contribution in [1.29, 1.82) is 0 Å². The summed E-state index contributed by atoms with van der Waals surface area (Å²) >= 11 is 0. The molecule has 0 aliphatic heterocycles. The zero-order valence-electron chi connectivity index (χ0n) is 5.84. The van der Waals surface area contributed by atoms with Gasteiger partial charge in [0.25, 0.3) is 0 Å². The number of hydrogen-bond donors (Lipinski definition) is 0. The molecule has 0 saturated heterocycles. The Kier molecular flexibility index (Phi) is 6.80.